The molecular formula is C14H22N2. The van der Waals surface area contributed by atoms with Gasteiger partial charge < -0.3 is 10.6 Å². The molecule has 2 N–H and O–H groups in total. The third-order valence-corrected chi connectivity index (χ3v) is 3.19. The highest BCUT2D eigenvalue weighted by atomic mass is 14.9. The van der Waals surface area contributed by atoms with Crippen molar-refractivity contribution >= 4 is 0 Å². The molecule has 1 aliphatic rings. The summed E-state index contributed by atoms with van der Waals surface area (Å²) in [5.74, 6) is 0. The molecule has 1 aliphatic heterocycles. The summed E-state index contributed by atoms with van der Waals surface area (Å²) in [6.45, 7) is 7.64. The molecule has 16 heavy (non-hydrogen) atoms. The SMILES string of the molecule is CC(C)NCCc1cccc2c1CNCC2. The second-order valence-corrected chi connectivity index (χ2v) is 4.84. The van der Waals surface area contributed by atoms with Gasteiger partial charge in [0.05, 0.1) is 0 Å². The summed E-state index contributed by atoms with van der Waals surface area (Å²) >= 11 is 0. The van der Waals surface area contributed by atoms with Crippen LogP contribution in [0.1, 0.15) is 30.5 Å². The van der Waals surface area contributed by atoms with E-state index in [1.165, 1.54) is 12.0 Å². The van der Waals surface area contributed by atoms with E-state index in [0.717, 1.165) is 26.1 Å². The first-order valence-electron chi connectivity index (χ1n) is 6.31. The predicted molar refractivity (Wildman–Crippen MR) is 68.7 cm³/mol. The molecule has 0 bridgehead atoms. The predicted octanol–water partition coefficient (Wildman–Crippen LogP) is 1.87. The normalized spacial score (nSPS) is 15.2. The Balaban J connectivity index is 2.03. The molecule has 0 amide bonds. The van der Waals surface area contributed by atoms with Crippen molar-refractivity contribution in [1.29, 1.82) is 0 Å². The fourth-order valence-corrected chi connectivity index (χ4v) is 2.32. The van der Waals surface area contributed by atoms with Gasteiger partial charge in [-0.2, -0.15) is 0 Å². The molecule has 1 aromatic rings. The Morgan fingerprint density at radius 2 is 2.25 bits per heavy atom. The number of nitrogens with one attached hydrogen (secondary N) is 2. The van der Waals surface area contributed by atoms with E-state index >= 15 is 0 Å². The topological polar surface area (TPSA) is 24.1 Å². The third-order valence-electron chi connectivity index (χ3n) is 3.19. The van der Waals surface area contributed by atoms with Crippen LogP contribution >= 0.6 is 0 Å². The maximum absolute atomic E-state index is 3.48. The van der Waals surface area contributed by atoms with Crippen molar-refractivity contribution in [2.24, 2.45) is 0 Å². The van der Waals surface area contributed by atoms with Crippen LogP contribution in [0.15, 0.2) is 18.2 Å². The van der Waals surface area contributed by atoms with Crippen molar-refractivity contribution in [2.75, 3.05) is 13.1 Å². The zero-order valence-corrected chi connectivity index (χ0v) is 10.3. The van der Waals surface area contributed by atoms with Gasteiger partial charge in [0.25, 0.3) is 0 Å². The molecule has 0 aromatic heterocycles. The van der Waals surface area contributed by atoms with Gasteiger partial charge in [0, 0.05) is 12.6 Å². The lowest BCUT2D eigenvalue weighted by molar-refractivity contribution is 0.584. The quantitative estimate of drug-likeness (QED) is 0.806. The fourth-order valence-electron chi connectivity index (χ4n) is 2.32. The van der Waals surface area contributed by atoms with Gasteiger partial charge in [0.1, 0.15) is 0 Å². The Kier molecular flexibility index (Phi) is 3.97. The molecule has 0 saturated carbocycles. The Labute approximate surface area is 98.4 Å². The summed E-state index contributed by atoms with van der Waals surface area (Å²) in [6.07, 6.45) is 2.32. The van der Waals surface area contributed by atoms with Gasteiger partial charge in [0.2, 0.25) is 0 Å². The van der Waals surface area contributed by atoms with Crippen LogP contribution in [0.2, 0.25) is 0 Å². The summed E-state index contributed by atoms with van der Waals surface area (Å²) < 4.78 is 0. The molecule has 0 saturated heterocycles. The monoisotopic (exact) mass is 218 g/mol. The average Bonchev–Trinajstić information content (AvgIpc) is 2.29. The van der Waals surface area contributed by atoms with Crippen molar-refractivity contribution < 1.29 is 0 Å². The van der Waals surface area contributed by atoms with Crippen LogP contribution < -0.4 is 10.6 Å². The van der Waals surface area contributed by atoms with Crippen LogP contribution in [0, 0.1) is 0 Å². The molecule has 0 aliphatic carbocycles. The molecule has 0 fully saturated rings. The smallest absolute Gasteiger partial charge is 0.0211 e. The average molecular weight is 218 g/mol. The third kappa shape index (κ3) is 2.83. The molecule has 2 rings (SSSR count). The first kappa shape index (κ1) is 11.6. The molecule has 0 spiro atoms. The summed E-state index contributed by atoms with van der Waals surface area (Å²) in [5, 5.41) is 6.94. The maximum Gasteiger partial charge on any atom is 0.0211 e. The molecular weight excluding hydrogens is 196 g/mol. The van der Waals surface area contributed by atoms with Crippen LogP contribution in [0.5, 0.6) is 0 Å². The van der Waals surface area contributed by atoms with Crippen molar-refractivity contribution in [3.63, 3.8) is 0 Å². The fraction of sp³-hybridized carbons (Fsp3) is 0.571. The number of fused-ring (bicyclic) bond motifs is 1. The Morgan fingerprint density at radius 1 is 1.38 bits per heavy atom. The molecule has 0 unspecified atom stereocenters. The van der Waals surface area contributed by atoms with Gasteiger partial charge in [-0.15, -0.1) is 0 Å². The van der Waals surface area contributed by atoms with Crippen LogP contribution in [0.3, 0.4) is 0 Å². The molecule has 0 atom stereocenters. The number of benzene rings is 1. The van der Waals surface area contributed by atoms with Crippen LogP contribution in [-0.4, -0.2) is 19.1 Å². The molecule has 0 radical (unpaired) electrons. The summed E-state index contributed by atoms with van der Waals surface area (Å²) in [6, 6.07) is 7.33. The van der Waals surface area contributed by atoms with Crippen molar-refractivity contribution in [3.05, 3.63) is 34.9 Å². The van der Waals surface area contributed by atoms with E-state index in [0.29, 0.717) is 6.04 Å². The first-order valence-corrected chi connectivity index (χ1v) is 6.31. The van der Waals surface area contributed by atoms with E-state index in [1.807, 2.05) is 0 Å². The minimum atomic E-state index is 0.581. The second-order valence-electron chi connectivity index (χ2n) is 4.84. The van der Waals surface area contributed by atoms with E-state index < -0.39 is 0 Å². The zero-order chi connectivity index (χ0) is 11.4. The molecule has 1 aromatic carbocycles. The summed E-state index contributed by atoms with van der Waals surface area (Å²) in [7, 11) is 0. The lowest BCUT2D eigenvalue weighted by Gasteiger charge is -2.20. The van der Waals surface area contributed by atoms with E-state index in [9.17, 15) is 0 Å². The van der Waals surface area contributed by atoms with Crippen molar-refractivity contribution in [1.82, 2.24) is 10.6 Å². The van der Waals surface area contributed by atoms with Gasteiger partial charge in [-0.05, 0) is 42.6 Å². The second kappa shape index (κ2) is 5.46. The molecule has 1 heterocycles. The Morgan fingerprint density at radius 3 is 3.06 bits per heavy atom. The number of hydrogen-bond acceptors (Lipinski definition) is 2. The van der Waals surface area contributed by atoms with Crippen LogP contribution in [0.25, 0.3) is 0 Å². The van der Waals surface area contributed by atoms with Gasteiger partial charge in [-0.1, -0.05) is 32.0 Å². The van der Waals surface area contributed by atoms with Gasteiger partial charge in [0.15, 0.2) is 0 Å². The number of hydrogen-bond donors (Lipinski definition) is 2. The van der Waals surface area contributed by atoms with Gasteiger partial charge in [-0.3, -0.25) is 0 Å². The zero-order valence-electron chi connectivity index (χ0n) is 10.3. The molecule has 2 heteroatoms. The summed E-state index contributed by atoms with van der Waals surface area (Å²) in [4.78, 5) is 0. The van der Waals surface area contributed by atoms with Gasteiger partial charge >= 0.3 is 0 Å². The lowest BCUT2D eigenvalue weighted by atomic mass is 9.94. The van der Waals surface area contributed by atoms with E-state index in [1.54, 1.807) is 11.1 Å². The van der Waals surface area contributed by atoms with Crippen molar-refractivity contribution in [2.45, 2.75) is 39.3 Å². The van der Waals surface area contributed by atoms with Crippen molar-refractivity contribution in [3.8, 4) is 0 Å². The van der Waals surface area contributed by atoms with Gasteiger partial charge in [-0.25, -0.2) is 0 Å². The molecule has 2 nitrogen and oxygen atoms in total. The highest BCUT2D eigenvalue weighted by Crippen LogP contribution is 2.18. The van der Waals surface area contributed by atoms with Crippen LogP contribution in [0.4, 0.5) is 0 Å². The summed E-state index contributed by atoms with van der Waals surface area (Å²) in [5.41, 5.74) is 4.60. The first-order chi connectivity index (χ1) is 7.77. The highest BCUT2D eigenvalue weighted by molar-refractivity contribution is 5.37. The highest BCUT2D eigenvalue weighted by Gasteiger charge is 2.11. The van der Waals surface area contributed by atoms with E-state index in [2.05, 4.69) is 42.7 Å². The lowest BCUT2D eigenvalue weighted by Crippen LogP contribution is -2.27. The largest absolute Gasteiger partial charge is 0.314 e. The van der Waals surface area contributed by atoms with Crippen LogP contribution in [-0.2, 0) is 19.4 Å². The number of rotatable bonds is 4. The Bertz CT molecular complexity index is 345. The minimum absolute atomic E-state index is 0.581. The maximum atomic E-state index is 3.48. The standard InChI is InChI=1S/C14H22N2/c1-11(2)16-9-7-13-5-3-4-12-6-8-15-10-14(12)13/h3-5,11,15-16H,6-10H2,1-2H3. The Hall–Kier alpha value is -0.860. The van der Waals surface area contributed by atoms with E-state index in [-0.39, 0.29) is 0 Å². The minimum Gasteiger partial charge on any atom is -0.314 e. The van der Waals surface area contributed by atoms with E-state index in [4.69, 9.17) is 0 Å². The molecule has 88 valence electrons.